The number of hydrogen-bond donors (Lipinski definition) is 1. The minimum Gasteiger partial charge on any atom is -0.316 e. The van der Waals surface area contributed by atoms with Crippen LogP contribution in [0.25, 0.3) is 0 Å². The van der Waals surface area contributed by atoms with Crippen molar-refractivity contribution in [3.8, 4) is 0 Å². The fraction of sp³-hybridized carbons (Fsp3) is 0.333. The van der Waals surface area contributed by atoms with Gasteiger partial charge in [-0.2, -0.15) is 0 Å². The van der Waals surface area contributed by atoms with Gasteiger partial charge < -0.3 is 5.11 Å². The molecule has 0 spiro atoms. The fourth-order valence-electron chi connectivity index (χ4n) is 1.75. The van der Waals surface area contributed by atoms with Crippen LogP contribution < -0.4 is 0 Å². The van der Waals surface area contributed by atoms with Crippen LogP contribution >= 0.6 is 0 Å². The highest BCUT2D eigenvalue weighted by Gasteiger charge is 2.76. The topological polar surface area (TPSA) is 236 Å². The van der Waals surface area contributed by atoms with Crippen LogP contribution in [0.4, 0.5) is 0 Å². The van der Waals surface area contributed by atoms with E-state index in [0.717, 1.165) is 0 Å². The van der Waals surface area contributed by atoms with Crippen LogP contribution in [0.1, 0.15) is 0 Å². The Morgan fingerprint density at radius 3 is 1.68 bits per heavy atom. The average molecular weight is 321 g/mol. The Morgan fingerprint density at radius 2 is 1.41 bits per heavy atom. The molecule has 0 heterocycles. The van der Waals surface area contributed by atoms with E-state index in [-0.39, 0.29) is 6.08 Å². The number of nitro groups is 5. The lowest BCUT2D eigenvalue weighted by Gasteiger charge is -2.20. The molecule has 16 heteroatoms. The Labute approximate surface area is 116 Å². The second-order valence-corrected chi connectivity index (χ2v) is 3.74. The number of aliphatic hydroxyl groups is 1. The first kappa shape index (κ1) is 16.5. The zero-order chi connectivity index (χ0) is 17.4. The van der Waals surface area contributed by atoms with Gasteiger partial charge in [0.25, 0.3) is 0 Å². The number of hydrogen-bond acceptors (Lipinski definition) is 11. The van der Waals surface area contributed by atoms with E-state index in [1.165, 1.54) is 0 Å². The second-order valence-electron chi connectivity index (χ2n) is 3.74. The maximum atomic E-state index is 10.9. The summed E-state index contributed by atoms with van der Waals surface area (Å²) in [6.07, 6.45) is -0.249. The molecular weight excluding hydrogens is 318 g/mol. The van der Waals surface area contributed by atoms with Crippen molar-refractivity contribution < 1.29 is 29.7 Å². The third kappa shape index (κ3) is 2.18. The van der Waals surface area contributed by atoms with Gasteiger partial charge in [0.2, 0.25) is 0 Å². The molecule has 0 saturated heterocycles. The molecular formula is C6H3N5O11. The smallest absolute Gasteiger partial charge is 0.316 e. The molecule has 0 amide bonds. The van der Waals surface area contributed by atoms with E-state index in [4.69, 9.17) is 0 Å². The number of rotatable bonds is 5. The summed E-state index contributed by atoms with van der Waals surface area (Å²) in [5.74, 6) is 0. The van der Waals surface area contributed by atoms with Gasteiger partial charge in [0, 0.05) is 4.92 Å². The zero-order valence-corrected chi connectivity index (χ0v) is 9.92. The van der Waals surface area contributed by atoms with Gasteiger partial charge in [-0.3, -0.25) is 50.6 Å². The minimum absolute atomic E-state index is 0.249. The summed E-state index contributed by atoms with van der Waals surface area (Å²) < 4.78 is 0. The molecule has 0 aromatic rings. The van der Waals surface area contributed by atoms with Crippen LogP contribution in [0.3, 0.4) is 0 Å². The third-order valence-corrected chi connectivity index (χ3v) is 2.63. The molecule has 0 aromatic carbocycles. The lowest BCUT2D eigenvalue weighted by molar-refractivity contribution is -0.713. The largest absolute Gasteiger partial charge is 0.490 e. The maximum absolute atomic E-state index is 10.9. The van der Waals surface area contributed by atoms with E-state index in [1.807, 2.05) is 0 Å². The van der Waals surface area contributed by atoms with Gasteiger partial charge >= 0.3 is 28.9 Å². The predicted molar refractivity (Wildman–Crippen MR) is 58.8 cm³/mol. The molecule has 22 heavy (non-hydrogen) atoms. The molecule has 0 fully saturated rings. The zero-order valence-electron chi connectivity index (χ0n) is 9.92. The first-order valence-corrected chi connectivity index (χ1v) is 4.86. The van der Waals surface area contributed by atoms with Crippen LogP contribution in [-0.2, 0) is 0 Å². The van der Waals surface area contributed by atoms with Gasteiger partial charge in [-0.15, -0.1) is 0 Å². The first-order valence-electron chi connectivity index (χ1n) is 4.86. The maximum Gasteiger partial charge on any atom is 0.490 e. The normalized spacial score (nSPS) is 24.4. The van der Waals surface area contributed by atoms with Crippen LogP contribution in [-0.4, -0.2) is 41.5 Å². The summed E-state index contributed by atoms with van der Waals surface area (Å²) in [4.78, 5) is 45.3. The predicted octanol–water partition coefficient (Wildman–Crippen LogP) is -1.46. The van der Waals surface area contributed by atoms with Crippen LogP contribution in [0.15, 0.2) is 23.2 Å². The summed E-state index contributed by atoms with van der Waals surface area (Å²) >= 11 is 0. The van der Waals surface area contributed by atoms with Crippen molar-refractivity contribution in [1.82, 2.24) is 0 Å². The molecule has 118 valence electrons. The number of nitrogens with zero attached hydrogens (tertiary/aromatic N) is 5. The highest BCUT2D eigenvalue weighted by molar-refractivity contribution is 5.31. The fourth-order valence-corrected chi connectivity index (χ4v) is 1.75. The first-order chi connectivity index (χ1) is 9.96. The van der Waals surface area contributed by atoms with E-state index < -0.39 is 53.5 Å². The van der Waals surface area contributed by atoms with E-state index in [0.29, 0.717) is 0 Å². The summed E-state index contributed by atoms with van der Waals surface area (Å²) in [5, 5.41) is 63.6. The lowest BCUT2D eigenvalue weighted by Crippen LogP contribution is -2.59. The molecule has 2 unspecified atom stereocenters. The molecule has 1 rings (SSSR count). The Morgan fingerprint density at radius 1 is 0.909 bits per heavy atom. The van der Waals surface area contributed by atoms with Gasteiger partial charge in [0.15, 0.2) is 0 Å². The van der Waals surface area contributed by atoms with Gasteiger partial charge in [-0.1, -0.05) is 0 Å². The summed E-state index contributed by atoms with van der Waals surface area (Å²) in [7, 11) is 0. The van der Waals surface area contributed by atoms with Gasteiger partial charge in [-0.25, -0.2) is 0 Å². The molecule has 0 saturated carbocycles. The Bertz CT molecular complexity index is 678. The summed E-state index contributed by atoms with van der Waals surface area (Å²) in [5.41, 5.74) is -9.73. The monoisotopic (exact) mass is 321 g/mol. The Kier molecular flexibility index (Phi) is 3.81. The Balaban J connectivity index is 3.94. The molecule has 1 aliphatic carbocycles. The average Bonchev–Trinajstić information content (AvgIpc) is 2.35. The lowest BCUT2D eigenvalue weighted by atomic mass is 9.91. The van der Waals surface area contributed by atoms with Gasteiger partial charge in [-0.05, 0) is 0 Å². The van der Waals surface area contributed by atoms with Crippen molar-refractivity contribution in [3.63, 3.8) is 0 Å². The molecule has 0 aromatic heterocycles. The molecule has 0 aliphatic heterocycles. The summed E-state index contributed by atoms with van der Waals surface area (Å²) in [6.45, 7) is 0. The van der Waals surface area contributed by atoms with E-state index >= 15 is 0 Å². The molecule has 0 bridgehead atoms. The molecule has 16 nitrogen and oxygen atoms in total. The van der Waals surface area contributed by atoms with E-state index in [1.54, 1.807) is 0 Å². The van der Waals surface area contributed by atoms with Crippen molar-refractivity contribution in [2.24, 2.45) is 0 Å². The highest BCUT2D eigenvalue weighted by atomic mass is 16.7. The Hall–Kier alpha value is -3.56. The van der Waals surface area contributed by atoms with E-state index in [9.17, 15) is 55.7 Å². The number of allylic oxidation sites excluding steroid dienone is 1. The quantitative estimate of drug-likeness (QED) is 0.348. The highest BCUT2D eigenvalue weighted by Crippen LogP contribution is 2.36. The van der Waals surface area contributed by atoms with Crippen molar-refractivity contribution >= 4 is 0 Å². The standard InChI is InChI=1S/C6H3N5O11/c12-6(11(21)22)3(8(15)16)1-2(7(13)14)4(9(17)18)5(6)10(19)20/h1,5,12H. The van der Waals surface area contributed by atoms with Crippen LogP contribution in [0.2, 0.25) is 0 Å². The SMILES string of the molecule is O=[N+]([O-])C1=CC([N+](=O)[O-])=C([N+](=O)[O-])C([N+](=O)[O-])C1(O)[N+](=O)[O-]. The van der Waals surface area contributed by atoms with Crippen molar-refractivity contribution in [1.29, 1.82) is 0 Å². The van der Waals surface area contributed by atoms with E-state index in [2.05, 4.69) is 0 Å². The van der Waals surface area contributed by atoms with Gasteiger partial charge in [0.05, 0.1) is 19.7 Å². The molecule has 2 atom stereocenters. The van der Waals surface area contributed by atoms with Crippen LogP contribution in [0.5, 0.6) is 0 Å². The molecule has 0 radical (unpaired) electrons. The molecule has 1 N–H and O–H groups in total. The summed E-state index contributed by atoms with van der Waals surface area (Å²) in [6, 6.07) is -3.34. The van der Waals surface area contributed by atoms with Crippen molar-refractivity contribution in [3.05, 3.63) is 73.7 Å². The second kappa shape index (κ2) is 5.09. The van der Waals surface area contributed by atoms with Crippen molar-refractivity contribution in [2.75, 3.05) is 0 Å². The van der Waals surface area contributed by atoms with Crippen molar-refractivity contribution in [2.45, 2.75) is 11.8 Å². The van der Waals surface area contributed by atoms with Gasteiger partial charge in [0.1, 0.15) is 6.08 Å². The third-order valence-electron chi connectivity index (χ3n) is 2.63. The minimum atomic E-state index is -4.14. The van der Waals surface area contributed by atoms with Crippen LogP contribution in [0, 0.1) is 50.6 Å². The molecule has 1 aliphatic rings.